The lowest BCUT2D eigenvalue weighted by Gasteiger charge is -2.19. The summed E-state index contributed by atoms with van der Waals surface area (Å²) in [5, 5.41) is 12.5. The molecule has 0 radical (unpaired) electrons. The van der Waals surface area contributed by atoms with Gasteiger partial charge in [0.1, 0.15) is 11.3 Å². The molecule has 2 aromatic rings. The van der Waals surface area contributed by atoms with Gasteiger partial charge in [0.25, 0.3) is 0 Å². The molecule has 0 aliphatic rings. The summed E-state index contributed by atoms with van der Waals surface area (Å²) in [4.78, 5) is 25.8. The van der Waals surface area contributed by atoms with E-state index < -0.39 is 23.5 Å². The predicted octanol–water partition coefficient (Wildman–Crippen LogP) is 3.08. The van der Waals surface area contributed by atoms with Gasteiger partial charge in [-0.25, -0.2) is 14.0 Å². The fraction of sp³-hybridized carbons (Fsp3) is 0.412. The van der Waals surface area contributed by atoms with Gasteiger partial charge >= 0.3 is 12.1 Å². The van der Waals surface area contributed by atoms with Crippen LogP contribution in [0.2, 0.25) is 0 Å². The molecule has 7 nitrogen and oxygen atoms in total. The van der Waals surface area contributed by atoms with Crippen molar-refractivity contribution in [3.05, 3.63) is 29.2 Å². The first-order valence-electron chi connectivity index (χ1n) is 7.70. The lowest BCUT2D eigenvalue weighted by molar-refractivity contribution is 0.0528. The second-order valence-electron chi connectivity index (χ2n) is 6.49. The van der Waals surface area contributed by atoms with Crippen LogP contribution in [-0.4, -0.2) is 41.4 Å². The zero-order valence-electron chi connectivity index (χ0n) is 14.5. The lowest BCUT2D eigenvalue weighted by atomic mass is 10.1. The van der Waals surface area contributed by atoms with Gasteiger partial charge in [0.2, 0.25) is 0 Å². The van der Waals surface area contributed by atoms with Crippen molar-refractivity contribution in [1.82, 2.24) is 10.3 Å². The van der Waals surface area contributed by atoms with Gasteiger partial charge < -0.3 is 24.9 Å². The Bertz CT molecular complexity index is 807. The van der Waals surface area contributed by atoms with E-state index in [4.69, 9.17) is 9.47 Å². The Balaban J connectivity index is 2.25. The Morgan fingerprint density at radius 3 is 2.56 bits per heavy atom. The second kappa shape index (κ2) is 7.00. The van der Waals surface area contributed by atoms with Crippen molar-refractivity contribution < 1.29 is 28.6 Å². The van der Waals surface area contributed by atoms with Crippen LogP contribution in [0, 0.1) is 5.82 Å². The summed E-state index contributed by atoms with van der Waals surface area (Å²) in [6, 6.07) is 2.63. The van der Waals surface area contributed by atoms with Gasteiger partial charge in [-0.15, -0.1) is 0 Å². The van der Waals surface area contributed by atoms with E-state index in [1.165, 1.54) is 19.2 Å². The molecule has 136 valence electrons. The van der Waals surface area contributed by atoms with E-state index in [0.29, 0.717) is 16.5 Å². The number of H-pyrrole nitrogens is 1. The van der Waals surface area contributed by atoms with Crippen molar-refractivity contribution in [2.45, 2.75) is 32.8 Å². The average molecular weight is 352 g/mol. The maximum absolute atomic E-state index is 13.8. The number of alkyl carbamates (subject to hydrolysis) is 1. The maximum atomic E-state index is 13.8. The van der Waals surface area contributed by atoms with Gasteiger partial charge in [0.15, 0.2) is 11.6 Å². The van der Waals surface area contributed by atoms with Crippen molar-refractivity contribution in [2.24, 2.45) is 0 Å². The number of carboxylic acids is 1. The second-order valence-corrected chi connectivity index (χ2v) is 6.49. The number of hydrogen-bond acceptors (Lipinski definition) is 4. The Labute approximate surface area is 144 Å². The first-order chi connectivity index (χ1) is 11.6. The number of hydrogen-bond donors (Lipinski definition) is 3. The largest absolute Gasteiger partial charge is 0.494 e. The Kier molecular flexibility index (Phi) is 5.20. The van der Waals surface area contributed by atoms with Crippen LogP contribution >= 0.6 is 0 Å². The average Bonchev–Trinajstić information content (AvgIpc) is 2.82. The molecule has 1 aromatic heterocycles. The lowest BCUT2D eigenvalue weighted by Crippen LogP contribution is -2.33. The van der Waals surface area contributed by atoms with E-state index in [0.717, 1.165) is 0 Å². The molecular formula is C17H21FN2O5. The third kappa shape index (κ3) is 4.40. The number of amides is 1. The number of carbonyl (C=O) groups excluding carboxylic acids is 1. The Hall–Kier alpha value is -2.77. The van der Waals surface area contributed by atoms with Crippen molar-refractivity contribution >= 4 is 23.0 Å². The van der Waals surface area contributed by atoms with E-state index in [2.05, 4.69) is 10.3 Å². The number of methoxy groups -OCH3 is 1. The monoisotopic (exact) mass is 352 g/mol. The van der Waals surface area contributed by atoms with Crippen LogP contribution in [0.3, 0.4) is 0 Å². The molecule has 0 aliphatic heterocycles. The molecule has 0 atom stereocenters. The van der Waals surface area contributed by atoms with Crippen LogP contribution in [0.1, 0.15) is 36.8 Å². The molecule has 0 bridgehead atoms. The standard InChI is InChI=1S/C17H21FN2O5/c1-17(2,3)25-16(23)19-6-5-9-10-7-13(24-4)11(18)8-12(10)20-14(9)15(21)22/h7-8,20H,5-6H2,1-4H3,(H,19,23)(H,21,22). The summed E-state index contributed by atoms with van der Waals surface area (Å²) in [5.74, 6) is -1.74. The number of ether oxygens (including phenoxy) is 2. The number of aromatic carboxylic acids is 1. The molecule has 8 heteroatoms. The van der Waals surface area contributed by atoms with Gasteiger partial charge in [-0.1, -0.05) is 0 Å². The first kappa shape index (κ1) is 18.6. The minimum atomic E-state index is -1.16. The van der Waals surface area contributed by atoms with Gasteiger partial charge in [-0.3, -0.25) is 0 Å². The topological polar surface area (TPSA) is 101 Å². The summed E-state index contributed by atoms with van der Waals surface area (Å²) in [7, 11) is 1.33. The highest BCUT2D eigenvalue weighted by atomic mass is 19.1. The number of benzene rings is 1. The molecule has 25 heavy (non-hydrogen) atoms. The molecule has 3 N–H and O–H groups in total. The summed E-state index contributed by atoms with van der Waals surface area (Å²) < 4.78 is 23.9. The number of nitrogens with one attached hydrogen (secondary N) is 2. The van der Waals surface area contributed by atoms with Crippen LogP contribution in [0.4, 0.5) is 9.18 Å². The van der Waals surface area contributed by atoms with Gasteiger partial charge in [0.05, 0.1) is 7.11 Å². The molecular weight excluding hydrogens is 331 g/mol. The smallest absolute Gasteiger partial charge is 0.407 e. The zero-order valence-corrected chi connectivity index (χ0v) is 14.5. The fourth-order valence-corrected chi connectivity index (χ4v) is 2.45. The number of halogens is 1. The Morgan fingerprint density at radius 1 is 1.32 bits per heavy atom. The van der Waals surface area contributed by atoms with Crippen LogP contribution in [-0.2, 0) is 11.2 Å². The summed E-state index contributed by atoms with van der Waals surface area (Å²) in [6.07, 6.45) is -0.358. The number of carboxylic acid groups (broad SMARTS) is 1. The minimum Gasteiger partial charge on any atom is -0.494 e. The van der Waals surface area contributed by atoms with Gasteiger partial charge in [0, 0.05) is 23.5 Å². The molecule has 0 saturated carbocycles. The summed E-state index contributed by atoms with van der Waals surface area (Å²) in [5.41, 5.74) is 0.135. The molecule has 2 rings (SSSR count). The summed E-state index contributed by atoms with van der Waals surface area (Å²) in [6.45, 7) is 5.41. The molecule has 0 unspecified atom stereocenters. The quantitative estimate of drug-likeness (QED) is 0.768. The molecule has 1 heterocycles. The number of aromatic nitrogens is 1. The summed E-state index contributed by atoms with van der Waals surface area (Å²) >= 11 is 0. The highest BCUT2D eigenvalue weighted by Crippen LogP contribution is 2.29. The van der Waals surface area contributed by atoms with Crippen molar-refractivity contribution in [1.29, 1.82) is 0 Å². The zero-order chi connectivity index (χ0) is 18.8. The molecule has 1 aromatic carbocycles. The normalized spacial score (nSPS) is 11.4. The van der Waals surface area contributed by atoms with E-state index in [1.54, 1.807) is 20.8 Å². The van der Waals surface area contributed by atoms with Gasteiger partial charge in [-0.05, 0) is 38.8 Å². The van der Waals surface area contributed by atoms with Crippen LogP contribution in [0.15, 0.2) is 12.1 Å². The molecule has 0 saturated heterocycles. The number of carbonyl (C=O) groups is 2. The van der Waals surface area contributed by atoms with Crippen LogP contribution < -0.4 is 10.1 Å². The molecule has 1 amide bonds. The minimum absolute atomic E-state index is 0.0183. The highest BCUT2D eigenvalue weighted by Gasteiger charge is 2.20. The molecule has 0 spiro atoms. The number of rotatable bonds is 5. The van der Waals surface area contributed by atoms with Crippen LogP contribution in [0.25, 0.3) is 10.9 Å². The van der Waals surface area contributed by atoms with Crippen LogP contribution in [0.5, 0.6) is 5.75 Å². The van der Waals surface area contributed by atoms with Crippen molar-refractivity contribution in [3.63, 3.8) is 0 Å². The Morgan fingerprint density at radius 2 is 2.00 bits per heavy atom. The van der Waals surface area contributed by atoms with E-state index in [-0.39, 0.29) is 24.4 Å². The third-order valence-electron chi connectivity index (χ3n) is 3.44. The van der Waals surface area contributed by atoms with Crippen molar-refractivity contribution in [3.8, 4) is 5.75 Å². The van der Waals surface area contributed by atoms with E-state index >= 15 is 0 Å². The molecule has 0 fully saturated rings. The SMILES string of the molecule is COc1cc2c(CCNC(=O)OC(C)(C)C)c(C(=O)O)[nH]c2cc1F. The van der Waals surface area contributed by atoms with Gasteiger partial charge in [-0.2, -0.15) is 0 Å². The highest BCUT2D eigenvalue weighted by molar-refractivity contribution is 5.98. The van der Waals surface area contributed by atoms with E-state index in [1.807, 2.05) is 0 Å². The van der Waals surface area contributed by atoms with Crippen molar-refractivity contribution in [2.75, 3.05) is 13.7 Å². The first-order valence-corrected chi connectivity index (χ1v) is 7.70. The number of aromatic amines is 1. The molecule has 0 aliphatic carbocycles. The van der Waals surface area contributed by atoms with E-state index in [9.17, 15) is 19.1 Å². The fourth-order valence-electron chi connectivity index (χ4n) is 2.45. The maximum Gasteiger partial charge on any atom is 0.407 e. The third-order valence-corrected chi connectivity index (χ3v) is 3.44. The number of fused-ring (bicyclic) bond motifs is 1. The predicted molar refractivity (Wildman–Crippen MR) is 89.7 cm³/mol.